The van der Waals surface area contributed by atoms with Crippen LogP contribution in [0.4, 0.5) is 14.6 Å². The first-order chi connectivity index (χ1) is 19.0. The van der Waals surface area contributed by atoms with Gasteiger partial charge >= 0.3 is 5.69 Å². The Hall–Kier alpha value is -3.92. The number of halogens is 2. The summed E-state index contributed by atoms with van der Waals surface area (Å²) >= 11 is 0. The molecule has 1 atom stereocenters. The second-order valence-corrected chi connectivity index (χ2v) is 11.0. The molecule has 1 saturated heterocycles. The Kier molecular flexibility index (Phi) is 7.31. The first kappa shape index (κ1) is 27.6. The summed E-state index contributed by atoms with van der Waals surface area (Å²) in [6, 6.07) is 7.11. The van der Waals surface area contributed by atoms with Crippen LogP contribution in [0.25, 0.3) is 28.0 Å². The van der Waals surface area contributed by atoms with Crippen LogP contribution in [-0.2, 0) is 0 Å². The van der Waals surface area contributed by atoms with Gasteiger partial charge in [-0.15, -0.1) is 0 Å². The minimum Gasteiger partial charge on any atom is -0.507 e. The van der Waals surface area contributed by atoms with Crippen LogP contribution in [0.5, 0.6) is 5.75 Å². The molecule has 4 aromatic rings. The van der Waals surface area contributed by atoms with Crippen LogP contribution in [0.1, 0.15) is 51.8 Å². The van der Waals surface area contributed by atoms with Crippen LogP contribution in [0.15, 0.2) is 41.3 Å². The number of piperazine rings is 1. The molecule has 210 valence electrons. The zero-order valence-electron chi connectivity index (χ0n) is 23.6. The van der Waals surface area contributed by atoms with Crippen molar-refractivity contribution in [3.05, 3.63) is 69.9 Å². The first-order valence-corrected chi connectivity index (χ1v) is 13.6. The van der Waals surface area contributed by atoms with Crippen molar-refractivity contribution in [3.8, 4) is 22.7 Å². The van der Waals surface area contributed by atoms with E-state index in [1.807, 2.05) is 32.6 Å². The smallest absolute Gasteiger partial charge is 0.355 e. The molecule has 0 amide bonds. The number of phenols is 1. The molecular weight excluding hydrogens is 514 g/mol. The van der Waals surface area contributed by atoms with Crippen molar-refractivity contribution < 1.29 is 13.9 Å². The van der Waals surface area contributed by atoms with Gasteiger partial charge in [-0.2, -0.15) is 4.98 Å². The largest absolute Gasteiger partial charge is 0.507 e. The fourth-order valence-electron chi connectivity index (χ4n) is 5.50. The quantitative estimate of drug-likeness (QED) is 0.368. The molecule has 3 aromatic heterocycles. The Labute approximate surface area is 231 Å². The molecule has 1 N–H and O–H groups in total. The van der Waals surface area contributed by atoms with Crippen LogP contribution in [0.2, 0.25) is 0 Å². The van der Waals surface area contributed by atoms with Gasteiger partial charge in [-0.1, -0.05) is 19.9 Å². The van der Waals surface area contributed by atoms with Gasteiger partial charge in [-0.3, -0.25) is 9.88 Å². The Bertz CT molecular complexity index is 1630. The standard InChI is InChI=1S/C30H34F2N6O2/c1-16(2)25-27(18(5)10-11-33-25)38-29-20(14-22(32)26(34-29)24-21(31)8-7-9-23(24)39)28(35-30(38)40)37-13-12-36(17(3)4)15-19(37)6/h7-11,14,16-17,19,39H,12-13,15H2,1-6H3/t19-/m0/s1. The number of fused-ring (bicyclic) bond motifs is 1. The first-order valence-electron chi connectivity index (χ1n) is 13.6. The van der Waals surface area contributed by atoms with Gasteiger partial charge in [-0.05, 0) is 63.4 Å². The third-order valence-corrected chi connectivity index (χ3v) is 7.62. The van der Waals surface area contributed by atoms with Crippen LogP contribution in [-0.4, -0.2) is 61.2 Å². The molecule has 10 heteroatoms. The van der Waals surface area contributed by atoms with E-state index in [0.29, 0.717) is 35.2 Å². The van der Waals surface area contributed by atoms with Crippen LogP contribution in [0, 0.1) is 18.6 Å². The highest BCUT2D eigenvalue weighted by Gasteiger charge is 2.30. The maximum absolute atomic E-state index is 15.8. The number of aromatic nitrogens is 4. The van der Waals surface area contributed by atoms with E-state index in [-0.39, 0.29) is 23.2 Å². The zero-order valence-corrected chi connectivity index (χ0v) is 23.6. The average molecular weight is 549 g/mol. The second-order valence-electron chi connectivity index (χ2n) is 11.0. The summed E-state index contributed by atoms with van der Waals surface area (Å²) in [5.41, 5.74) is 0.679. The maximum atomic E-state index is 15.8. The van der Waals surface area contributed by atoms with Crippen molar-refractivity contribution in [1.82, 2.24) is 24.4 Å². The summed E-state index contributed by atoms with van der Waals surface area (Å²) in [6.07, 6.45) is 1.68. The molecule has 8 nitrogen and oxygen atoms in total. The third kappa shape index (κ3) is 4.70. The van der Waals surface area contributed by atoms with E-state index in [2.05, 4.69) is 33.7 Å². The molecule has 0 radical (unpaired) electrons. The van der Waals surface area contributed by atoms with Gasteiger partial charge in [0.1, 0.15) is 23.1 Å². The number of nitrogens with zero attached hydrogens (tertiary/aromatic N) is 6. The zero-order chi connectivity index (χ0) is 28.9. The highest BCUT2D eigenvalue weighted by Crippen LogP contribution is 2.36. The Morgan fingerprint density at radius 1 is 1.05 bits per heavy atom. The number of anilines is 1. The highest BCUT2D eigenvalue weighted by atomic mass is 19.1. The monoisotopic (exact) mass is 548 g/mol. The Balaban J connectivity index is 1.85. The molecule has 0 spiro atoms. The predicted molar refractivity (Wildman–Crippen MR) is 152 cm³/mol. The van der Waals surface area contributed by atoms with Crippen molar-refractivity contribution in [2.24, 2.45) is 0 Å². The Morgan fingerprint density at radius 2 is 1.80 bits per heavy atom. The lowest BCUT2D eigenvalue weighted by Gasteiger charge is -2.42. The number of aryl methyl sites for hydroxylation is 1. The molecule has 1 fully saturated rings. The minimum atomic E-state index is -0.832. The molecule has 0 unspecified atom stereocenters. The summed E-state index contributed by atoms with van der Waals surface area (Å²) in [5.74, 6) is -1.83. The molecule has 1 aromatic carbocycles. The summed E-state index contributed by atoms with van der Waals surface area (Å²) in [6.45, 7) is 14.2. The van der Waals surface area contributed by atoms with E-state index in [4.69, 9.17) is 0 Å². The van der Waals surface area contributed by atoms with E-state index < -0.39 is 28.8 Å². The molecular formula is C30H34F2N6O2. The highest BCUT2D eigenvalue weighted by molar-refractivity contribution is 5.91. The van der Waals surface area contributed by atoms with Gasteiger partial charge in [0.2, 0.25) is 0 Å². The van der Waals surface area contributed by atoms with Gasteiger partial charge in [0.05, 0.1) is 22.3 Å². The molecule has 0 bridgehead atoms. The molecule has 40 heavy (non-hydrogen) atoms. The van der Waals surface area contributed by atoms with E-state index >= 15 is 4.39 Å². The second kappa shape index (κ2) is 10.6. The van der Waals surface area contributed by atoms with Gasteiger partial charge in [0.15, 0.2) is 11.5 Å². The average Bonchev–Trinajstić information content (AvgIpc) is 2.89. The normalized spacial score (nSPS) is 16.4. The van der Waals surface area contributed by atoms with Crippen LogP contribution >= 0.6 is 0 Å². The molecule has 0 saturated carbocycles. The number of rotatable bonds is 5. The van der Waals surface area contributed by atoms with Gasteiger partial charge in [-0.25, -0.2) is 23.1 Å². The summed E-state index contributed by atoms with van der Waals surface area (Å²) in [4.78, 5) is 31.8. The number of aromatic hydroxyl groups is 1. The van der Waals surface area contributed by atoms with Crippen molar-refractivity contribution in [2.45, 2.75) is 59.5 Å². The van der Waals surface area contributed by atoms with E-state index in [1.165, 1.54) is 22.8 Å². The van der Waals surface area contributed by atoms with Crippen molar-refractivity contribution in [3.63, 3.8) is 0 Å². The number of pyridine rings is 2. The molecule has 1 aliphatic heterocycles. The summed E-state index contributed by atoms with van der Waals surface area (Å²) < 4.78 is 32.0. The molecule has 0 aliphatic carbocycles. The topological polar surface area (TPSA) is 87.4 Å². The number of phenolic OH excluding ortho intramolecular Hbond substituents is 1. The van der Waals surface area contributed by atoms with Gasteiger partial charge in [0, 0.05) is 37.9 Å². The number of benzene rings is 1. The SMILES string of the molecule is Cc1ccnc(C(C)C)c1-n1c(=O)nc(N2CCN(C(C)C)C[C@@H]2C)c2cc(F)c(-c3c(O)cccc3F)nc21. The van der Waals surface area contributed by atoms with Gasteiger partial charge < -0.3 is 10.0 Å². The van der Waals surface area contributed by atoms with Gasteiger partial charge in [0.25, 0.3) is 0 Å². The van der Waals surface area contributed by atoms with Crippen molar-refractivity contribution >= 4 is 16.9 Å². The fourth-order valence-corrected chi connectivity index (χ4v) is 5.50. The van der Waals surface area contributed by atoms with Crippen molar-refractivity contribution in [2.75, 3.05) is 24.5 Å². The lowest BCUT2D eigenvalue weighted by molar-refractivity contribution is 0.185. The Morgan fingerprint density at radius 3 is 2.45 bits per heavy atom. The summed E-state index contributed by atoms with van der Waals surface area (Å²) in [5, 5.41) is 10.8. The number of hydrogen-bond donors (Lipinski definition) is 1. The van der Waals surface area contributed by atoms with E-state index in [9.17, 15) is 14.3 Å². The lowest BCUT2D eigenvalue weighted by atomic mass is 10.0. The summed E-state index contributed by atoms with van der Waals surface area (Å²) in [7, 11) is 0. The third-order valence-electron chi connectivity index (χ3n) is 7.62. The van der Waals surface area contributed by atoms with E-state index in [0.717, 1.165) is 24.7 Å². The van der Waals surface area contributed by atoms with Crippen LogP contribution < -0.4 is 10.6 Å². The molecule has 1 aliphatic rings. The molecule has 4 heterocycles. The number of hydrogen-bond acceptors (Lipinski definition) is 7. The van der Waals surface area contributed by atoms with Crippen LogP contribution in [0.3, 0.4) is 0 Å². The minimum absolute atomic E-state index is 0.00759. The maximum Gasteiger partial charge on any atom is 0.355 e. The van der Waals surface area contributed by atoms with E-state index in [1.54, 1.807) is 12.3 Å². The lowest BCUT2D eigenvalue weighted by Crippen LogP contribution is -2.54. The molecule has 5 rings (SSSR count). The van der Waals surface area contributed by atoms with Crippen molar-refractivity contribution in [1.29, 1.82) is 0 Å². The predicted octanol–water partition coefficient (Wildman–Crippen LogP) is 5.18. The fraction of sp³-hybridized carbons (Fsp3) is 0.400.